The molecule has 5 fully saturated rings. The quantitative estimate of drug-likeness (QED) is 0.658. The molecule has 2 nitrogen and oxygen atoms in total. The lowest BCUT2D eigenvalue weighted by Crippen LogP contribution is -2.54. The minimum atomic E-state index is -0.0319. The molecule has 8 atom stereocenters. The zero-order valence-electron chi connectivity index (χ0n) is 17.3. The van der Waals surface area contributed by atoms with Crippen LogP contribution in [0.3, 0.4) is 0 Å². The second kappa shape index (κ2) is 6.62. The van der Waals surface area contributed by atoms with Gasteiger partial charge in [0.05, 0.1) is 0 Å². The van der Waals surface area contributed by atoms with Crippen LogP contribution >= 0.6 is 11.8 Å². The maximum absolute atomic E-state index is 12.6. The topological polar surface area (TPSA) is 29.1 Å². The van der Waals surface area contributed by atoms with Gasteiger partial charge in [-0.05, 0) is 87.0 Å². The van der Waals surface area contributed by atoms with Crippen molar-refractivity contribution in [1.82, 2.24) is 5.32 Å². The molecule has 27 heavy (non-hydrogen) atoms. The SMILES string of the molecule is C=C1CC2CC(SC3CCNC3)CC[C@]2(C)[C@@H]2CC[C@]3(C)C(=O)CC[C@H]3[C@H]12. The molecule has 5 rings (SSSR count). The maximum Gasteiger partial charge on any atom is 0.139 e. The third kappa shape index (κ3) is 2.81. The number of ketones is 1. The summed E-state index contributed by atoms with van der Waals surface area (Å²) in [5.41, 5.74) is 1.97. The van der Waals surface area contributed by atoms with Gasteiger partial charge in [-0.15, -0.1) is 0 Å². The molecule has 1 N–H and O–H groups in total. The molecule has 0 radical (unpaired) electrons. The Morgan fingerprint density at radius 3 is 2.70 bits per heavy atom. The number of Topliss-reactive ketones (excluding diaryl/α,β-unsaturated/α-hetero) is 1. The first-order chi connectivity index (χ1) is 12.9. The molecule has 1 aliphatic heterocycles. The molecular weight excluding hydrogens is 350 g/mol. The summed E-state index contributed by atoms with van der Waals surface area (Å²) in [6, 6.07) is 0. The highest BCUT2D eigenvalue weighted by Gasteiger charge is 2.61. The number of allylic oxidation sites excluding steroid dienone is 1. The van der Waals surface area contributed by atoms with E-state index in [1.807, 2.05) is 0 Å². The average Bonchev–Trinajstić information content (AvgIpc) is 3.25. The Balaban J connectivity index is 1.35. The maximum atomic E-state index is 12.6. The number of fused-ring (bicyclic) bond motifs is 5. The van der Waals surface area contributed by atoms with Crippen LogP contribution in [0.1, 0.15) is 71.6 Å². The van der Waals surface area contributed by atoms with E-state index in [4.69, 9.17) is 0 Å². The van der Waals surface area contributed by atoms with Gasteiger partial charge in [-0.3, -0.25) is 4.79 Å². The van der Waals surface area contributed by atoms with E-state index in [0.717, 1.165) is 41.6 Å². The lowest BCUT2D eigenvalue weighted by Gasteiger charge is -2.61. The second-order valence-corrected chi connectivity index (χ2v) is 12.5. The number of thioether (sulfide) groups is 1. The minimum Gasteiger partial charge on any atom is -0.316 e. The lowest BCUT2D eigenvalue weighted by atomic mass is 9.44. The van der Waals surface area contributed by atoms with Crippen LogP contribution in [0.25, 0.3) is 0 Å². The predicted octanol–water partition coefficient (Wildman–Crippen LogP) is 5.23. The summed E-state index contributed by atoms with van der Waals surface area (Å²) in [5, 5.41) is 5.24. The van der Waals surface area contributed by atoms with Crippen molar-refractivity contribution in [3.05, 3.63) is 12.2 Å². The van der Waals surface area contributed by atoms with Crippen molar-refractivity contribution in [1.29, 1.82) is 0 Å². The Morgan fingerprint density at radius 2 is 1.93 bits per heavy atom. The van der Waals surface area contributed by atoms with E-state index in [0.29, 0.717) is 23.0 Å². The van der Waals surface area contributed by atoms with Crippen molar-refractivity contribution < 1.29 is 4.79 Å². The van der Waals surface area contributed by atoms with Gasteiger partial charge in [-0.25, -0.2) is 0 Å². The number of carbonyl (C=O) groups excluding carboxylic acids is 1. The van der Waals surface area contributed by atoms with Crippen molar-refractivity contribution >= 4 is 17.5 Å². The van der Waals surface area contributed by atoms with Crippen LogP contribution in [-0.2, 0) is 4.79 Å². The molecule has 0 spiro atoms. The fraction of sp³-hybridized carbons (Fsp3) is 0.875. The molecule has 3 heteroatoms. The van der Waals surface area contributed by atoms with Crippen LogP contribution in [0.5, 0.6) is 0 Å². The highest BCUT2D eigenvalue weighted by molar-refractivity contribution is 8.00. The van der Waals surface area contributed by atoms with Crippen LogP contribution in [0, 0.1) is 34.5 Å². The molecule has 0 aromatic rings. The van der Waals surface area contributed by atoms with E-state index < -0.39 is 0 Å². The van der Waals surface area contributed by atoms with Crippen LogP contribution in [0.15, 0.2) is 12.2 Å². The molecule has 150 valence electrons. The predicted molar refractivity (Wildman–Crippen MR) is 114 cm³/mol. The van der Waals surface area contributed by atoms with Gasteiger partial charge in [0, 0.05) is 28.9 Å². The number of rotatable bonds is 2. The van der Waals surface area contributed by atoms with E-state index >= 15 is 0 Å². The molecule has 1 heterocycles. The van der Waals surface area contributed by atoms with Crippen LogP contribution in [0.4, 0.5) is 0 Å². The molecule has 4 aliphatic carbocycles. The first kappa shape index (κ1) is 18.7. The first-order valence-electron chi connectivity index (χ1n) is 11.5. The molecule has 0 amide bonds. The van der Waals surface area contributed by atoms with Crippen LogP contribution < -0.4 is 5.32 Å². The molecule has 3 unspecified atom stereocenters. The standard InChI is InChI=1S/C24H37NOS/c1-15-12-16-13-17(27-18-8-11-25-14-18)6-9-23(16,2)20-7-10-24(3)19(22(15)20)4-5-21(24)26/h16-20,22,25H,1,4-14H2,2-3H3/t16?,17?,18?,19-,20+,22-,23-,24-/m0/s1. The highest BCUT2D eigenvalue weighted by atomic mass is 32.2. The third-order valence-corrected chi connectivity index (χ3v) is 11.3. The van der Waals surface area contributed by atoms with Crippen molar-refractivity contribution in [3.8, 4) is 0 Å². The molecule has 1 saturated heterocycles. The second-order valence-electron chi connectivity index (χ2n) is 10.9. The summed E-state index contributed by atoms with van der Waals surface area (Å²) in [4.78, 5) is 12.6. The fourth-order valence-electron chi connectivity index (χ4n) is 8.00. The largest absolute Gasteiger partial charge is 0.316 e. The summed E-state index contributed by atoms with van der Waals surface area (Å²) in [6.07, 6.45) is 11.2. The Labute approximate surface area is 169 Å². The smallest absolute Gasteiger partial charge is 0.139 e. The molecular formula is C24H37NOS. The van der Waals surface area contributed by atoms with Gasteiger partial charge < -0.3 is 5.32 Å². The minimum absolute atomic E-state index is 0.0319. The van der Waals surface area contributed by atoms with E-state index in [2.05, 4.69) is 37.5 Å². The summed E-state index contributed by atoms with van der Waals surface area (Å²) in [5.74, 6) is 3.38. The third-order valence-electron chi connectivity index (χ3n) is 9.69. The zero-order valence-corrected chi connectivity index (χ0v) is 18.1. The van der Waals surface area contributed by atoms with Crippen molar-refractivity contribution in [3.63, 3.8) is 0 Å². The van der Waals surface area contributed by atoms with E-state index in [-0.39, 0.29) is 5.41 Å². The molecule has 5 aliphatic rings. The van der Waals surface area contributed by atoms with Gasteiger partial charge in [0.15, 0.2) is 0 Å². The van der Waals surface area contributed by atoms with Crippen molar-refractivity contribution in [2.75, 3.05) is 13.1 Å². The number of hydrogen-bond donors (Lipinski definition) is 1. The van der Waals surface area contributed by atoms with Gasteiger partial charge in [0.2, 0.25) is 0 Å². The summed E-state index contributed by atoms with van der Waals surface area (Å²) < 4.78 is 0. The summed E-state index contributed by atoms with van der Waals surface area (Å²) in [7, 11) is 0. The van der Waals surface area contributed by atoms with E-state index in [1.165, 1.54) is 57.2 Å². The van der Waals surface area contributed by atoms with E-state index in [1.54, 1.807) is 0 Å². The fourth-order valence-corrected chi connectivity index (χ4v) is 9.61. The summed E-state index contributed by atoms with van der Waals surface area (Å²) >= 11 is 2.29. The number of carbonyl (C=O) groups is 1. The molecule has 0 aromatic carbocycles. The normalized spacial score (nSPS) is 52.4. The molecule has 4 saturated carbocycles. The van der Waals surface area contributed by atoms with Gasteiger partial charge in [0.1, 0.15) is 5.78 Å². The van der Waals surface area contributed by atoms with Gasteiger partial charge in [-0.1, -0.05) is 26.0 Å². The Hall–Kier alpha value is -0.280. The van der Waals surface area contributed by atoms with E-state index in [9.17, 15) is 4.79 Å². The van der Waals surface area contributed by atoms with Crippen molar-refractivity contribution in [2.24, 2.45) is 34.5 Å². The molecule has 0 bridgehead atoms. The van der Waals surface area contributed by atoms with Crippen LogP contribution in [-0.4, -0.2) is 29.4 Å². The van der Waals surface area contributed by atoms with Crippen molar-refractivity contribution in [2.45, 2.75) is 82.1 Å². The number of hydrogen-bond acceptors (Lipinski definition) is 3. The Bertz CT molecular complexity index is 640. The zero-order chi connectivity index (χ0) is 18.8. The summed E-state index contributed by atoms with van der Waals surface area (Å²) in [6.45, 7) is 12.0. The van der Waals surface area contributed by atoms with Gasteiger partial charge in [-0.2, -0.15) is 11.8 Å². The van der Waals surface area contributed by atoms with Gasteiger partial charge >= 0.3 is 0 Å². The highest BCUT2D eigenvalue weighted by Crippen LogP contribution is 2.67. The monoisotopic (exact) mass is 387 g/mol. The Morgan fingerprint density at radius 1 is 1.07 bits per heavy atom. The number of nitrogens with one attached hydrogen (secondary N) is 1. The van der Waals surface area contributed by atoms with Gasteiger partial charge in [0.25, 0.3) is 0 Å². The first-order valence-corrected chi connectivity index (χ1v) is 12.4. The lowest BCUT2D eigenvalue weighted by molar-refractivity contribution is -0.134. The molecule has 0 aromatic heterocycles. The van der Waals surface area contributed by atoms with Crippen LogP contribution in [0.2, 0.25) is 0 Å². The average molecular weight is 388 g/mol. The Kier molecular flexibility index (Phi) is 4.59.